The molecule has 1 aromatic carbocycles. The fourth-order valence-corrected chi connectivity index (χ4v) is 1.52. The first-order chi connectivity index (χ1) is 7.50. The van der Waals surface area contributed by atoms with Gasteiger partial charge in [0.25, 0.3) is 0 Å². The Bertz CT molecular complexity index is 362. The highest BCUT2D eigenvalue weighted by Crippen LogP contribution is 2.17. The minimum atomic E-state index is 0.581. The highest BCUT2D eigenvalue weighted by atomic mass is 14.7. The molecule has 0 fully saturated rings. The molecular formula is C15H23N. The molecule has 0 aliphatic carbocycles. The first-order valence-electron chi connectivity index (χ1n) is 6.11. The molecule has 1 heteroatoms. The van der Waals surface area contributed by atoms with Gasteiger partial charge in [-0.25, -0.2) is 0 Å². The summed E-state index contributed by atoms with van der Waals surface area (Å²) in [6.07, 6.45) is 2.02. The molecule has 0 bridgehead atoms. The maximum Gasteiger partial charge on any atom is 0.0412 e. The average Bonchev–Trinajstić information content (AvgIpc) is 2.20. The van der Waals surface area contributed by atoms with Crippen molar-refractivity contribution in [1.82, 2.24) is 0 Å². The van der Waals surface area contributed by atoms with E-state index in [0.29, 0.717) is 11.8 Å². The normalized spacial score (nSPS) is 11.9. The molecule has 0 saturated heterocycles. The highest BCUT2D eigenvalue weighted by molar-refractivity contribution is 5.82. The van der Waals surface area contributed by atoms with Crippen LogP contribution in [0, 0.1) is 12.8 Å². The predicted molar refractivity (Wildman–Crippen MR) is 72.6 cm³/mol. The van der Waals surface area contributed by atoms with E-state index in [1.165, 1.54) is 16.7 Å². The Hall–Kier alpha value is -1.11. The van der Waals surface area contributed by atoms with E-state index in [0.717, 1.165) is 6.54 Å². The van der Waals surface area contributed by atoms with Gasteiger partial charge in [-0.05, 0) is 41.5 Å². The Balaban J connectivity index is 2.86. The average molecular weight is 217 g/mol. The Kier molecular flexibility index (Phi) is 4.72. The number of nitrogens with zero attached hydrogens (tertiary/aromatic N) is 1. The molecule has 0 heterocycles. The second-order valence-corrected chi connectivity index (χ2v) is 5.16. The van der Waals surface area contributed by atoms with Gasteiger partial charge in [0.05, 0.1) is 0 Å². The number of aryl methyl sites for hydroxylation is 1. The third kappa shape index (κ3) is 3.80. The van der Waals surface area contributed by atoms with E-state index < -0.39 is 0 Å². The molecule has 0 unspecified atom stereocenters. The maximum atomic E-state index is 4.48. The zero-order valence-corrected chi connectivity index (χ0v) is 11.1. The van der Waals surface area contributed by atoms with E-state index in [2.05, 4.69) is 57.8 Å². The van der Waals surface area contributed by atoms with Gasteiger partial charge in [-0.1, -0.05) is 39.8 Å². The van der Waals surface area contributed by atoms with Crippen LogP contribution < -0.4 is 0 Å². The van der Waals surface area contributed by atoms with Gasteiger partial charge in [0.2, 0.25) is 0 Å². The molecule has 0 N–H and O–H groups in total. The largest absolute Gasteiger partial charge is 0.292 e. The van der Waals surface area contributed by atoms with Crippen LogP contribution in [-0.4, -0.2) is 12.8 Å². The van der Waals surface area contributed by atoms with Crippen LogP contribution in [0.2, 0.25) is 0 Å². The van der Waals surface area contributed by atoms with Crippen LogP contribution in [0.15, 0.2) is 23.2 Å². The smallest absolute Gasteiger partial charge is 0.0412 e. The molecule has 0 spiro atoms. The Morgan fingerprint density at radius 2 is 1.88 bits per heavy atom. The zero-order chi connectivity index (χ0) is 12.1. The summed E-state index contributed by atoms with van der Waals surface area (Å²) >= 11 is 0. The lowest BCUT2D eigenvalue weighted by molar-refractivity contribution is 0.667. The summed E-state index contributed by atoms with van der Waals surface area (Å²) in [6.45, 7) is 11.9. The van der Waals surface area contributed by atoms with Crippen molar-refractivity contribution < 1.29 is 0 Å². The van der Waals surface area contributed by atoms with Gasteiger partial charge in [0.15, 0.2) is 0 Å². The highest BCUT2D eigenvalue weighted by Gasteiger charge is 2.01. The fourth-order valence-electron chi connectivity index (χ4n) is 1.52. The maximum absolute atomic E-state index is 4.48. The standard InChI is InChI=1S/C15H23N/c1-11(2)9-16-10-15-8-14(12(3)4)7-6-13(15)5/h6-8,10-12H,9H2,1-5H3/b16-10-. The number of rotatable bonds is 4. The molecule has 0 atom stereocenters. The van der Waals surface area contributed by atoms with Crippen molar-refractivity contribution in [2.75, 3.05) is 6.54 Å². The van der Waals surface area contributed by atoms with Gasteiger partial charge >= 0.3 is 0 Å². The van der Waals surface area contributed by atoms with Gasteiger partial charge in [-0.3, -0.25) is 4.99 Å². The van der Waals surface area contributed by atoms with Crippen molar-refractivity contribution in [2.24, 2.45) is 10.9 Å². The second kappa shape index (κ2) is 5.83. The van der Waals surface area contributed by atoms with E-state index in [4.69, 9.17) is 0 Å². The van der Waals surface area contributed by atoms with Crippen molar-refractivity contribution in [3.63, 3.8) is 0 Å². The van der Waals surface area contributed by atoms with E-state index in [-0.39, 0.29) is 0 Å². The molecule has 1 aromatic rings. The van der Waals surface area contributed by atoms with Crippen LogP contribution >= 0.6 is 0 Å². The molecule has 0 aromatic heterocycles. The first kappa shape index (κ1) is 13.0. The van der Waals surface area contributed by atoms with Crippen LogP contribution in [0.5, 0.6) is 0 Å². The van der Waals surface area contributed by atoms with E-state index in [1.807, 2.05) is 6.21 Å². The molecule has 1 nitrogen and oxygen atoms in total. The van der Waals surface area contributed by atoms with Gasteiger partial charge in [0.1, 0.15) is 0 Å². The van der Waals surface area contributed by atoms with Crippen LogP contribution in [-0.2, 0) is 0 Å². The number of benzene rings is 1. The second-order valence-electron chi connectivity index (χ2n) is 5.16. The SMILES string of the molecule is Cc1ccc(C(C)C)cc1/C=N\CC(C)C. The van der Waals surface area contributed by atoms with E-state index in [9.17, 15) is 0 Å². The molecule has 0 radical (unpaired) electrons. The lowest BCUT2D eigenvalue weighted by atomic mass is 9.98. The Labute approximate surface area is 99.6 Å². The quantitative estimate of drug-likeness (QED) is 0.670. The molecular weight excluding hydrogens is 194 g/mol. The zero-order valence-electron chi connectivity index (χ0n) is 11.1. The summed E-state index contributed by atoms with van der Waals surface area (Å²) in [6, 6.07) is 6.65. The van der Waals surface area contributed by atoms with Crippen molar-refractivity contribution >= 4 is 6.21 Å². The Morgan fingerprint density at radius 1 is 1.19 bits per heavy atom. The van der Waals surface area contributed by atoms with Crippen LogP contribution in [0.3, 0.4) is 0 Å². The monoisotopic (exact) mass is 217 g/mol. The topological polar surface area (TPSA) is 12.4 Å². The van der Waals surface area contributed by atoms with E-state index >= 15 is 0 Å². The summed E-state index contributed by atoms with van der Waals surface area (Å²) < 4.78 is 0. The lowest BCUT2D eigenvalue weighted by Crippen LogP contribution is -1.96. The number of aliphatic imine (C=N–C) groups is 1. The number of hydrogen-bond donors (Lipinski definition) is 0. The van der Waals surface area contributed by atoms with Crippen molar-refractivity contribution in [1.29, 1.82) is 0 Å². The van der Waals surface area contributed by atoms with Crippen LogP contribution in [0.1, 0.15) is 50.3 Å². The van der Waals surface area contributed by atoms with Gasteiger partial charge in [-0.2, -0.15) is 0 Å². The first-order valence-corrected chi connectivity index (χ1v) is 6.11. The van der Waals surface area contributed by atoms with Gasteiger partial charge < -0.3 is 0 Å². The molecule has 88 valence electrons. The third-order valence-corrected chi connectivity index (χ3v) is 2.67. The van der Waals surface area contributed by atoms with Crippen molar-refractivity contribution in [2.45, 2.75) is 40.5 Å². The fraction of sp³-hybridized carbons (Fsp3) is 0.533. The van der Waals surface area contributed by atoms with Crippen molar-refractivity contribution in [3.8, 4) is 0 Å². The molecule has 0 saturated carbocycles. The van der Waals surface area contributed by atoms with E-state index in [1.54, 1.807) is 0 Å². The Morgan fingerprint density at radius 3 is 2.44 bits per heavy atom. The molecule has 0 amide bonds. The summed E-state index contributed by atoms with van der Waals surface area (Å²) in [5, 5.41) is 0. The van der Waals surface area contributed by atoms with Crippen LogP contribution in [0.25, 0.3) is 0 Å². The predicted octanol–water partition coefficient (Wildman–Crippen LogP) is 4.19. The summed E-state index contributed by atoms with van der Waals surface area (Å²) in [5.74, 6) is 1.21. The van der Waals surface area contributed by atoms with Gasteiger partial charge in [0, 0.05) is 12.8 Å². The third-order valence-electron chi connectivity index (χ3n) is 2.67. The van der Waals surface area contributed by atoms with Gasteiger partial charge in [-0.15, -0.1) is 0 Å². The molecule has 1 rings (SSSR count). The summed E-state index contributed by atoms with van der Waals surface area (Å²) in [5.41, 5.74) is 3.94. The molecule has 16 heavy (non-hydrogen) atoms. The molecule has 0 aliphatic rings. The minimum absolute atomic E-state index is 0.581. The minimum Gasteiger partial charge on any atom is -0.292 e. The summed E-state index contributed by atoms with van der Waals surface area (Å²) in [4.78, 5) is 4.48. The van der Waals surface area contributed by atoms with Crippen molar-refractivity contribution in [3.05, 3.63) is 34.9 Å². The molecule has 0 aliphatic heterocycles. The van der Waals surface area contributed by atoms with Crippen LogP contribution in [0.4, 0.5) is 0 Å². The number of hydrogen-bond acceptors (Lipinski definition) is 1. The lowest BCUT2D eigenvalue weighted by Gasteiger charge is -2.08. The summed E-state index contributed by atoms with van der Waals surface area (Å²) in [7, 11) is 0.